The minimum Gasteiger partial charge on any atom is -0.392 e. The molecule has 2 aromatic carbocycles. The summed E-state index contributed by atoms with van der Waals surface area (Å²) in [6.45, 7) is 3.13. The highest BCUT2D eigenvalue weighted by Crippen LogP contribution is 2.29. The summed E-state index contributed by atoms with van der Waals surface area (Å²) in [7, 11) is -3.76. The van der Waals surface area contributed by atoms with Gasteiger partial charge in [0.1, 0.15) is 4.90 Å². The van der Waals surface area contributed by atoms with Crippen LogP contribution in [0.1, 0.15) is 41.3 Å². The third-order valence-electron chi connectivity index (χ3n) is 5.06. The second-order valence-electron chi connectivity index (χ2n) is 7.42. The van der Waals surface area contributed by atoms with E-state index in [9.17, 15) is 18.3 Å². The van der Waals surface area contributed by atoms with Crippen LogP contribution in [0.2, 0.25) is 5.02 Å². The number of piperidine rings is 1. The quantitative estimate of drug-likeness (QED) is 0.728. The van der Waals surface area contributed by atoms with Crippen LogP contribution in [0, 0.1) is 5.92 Å². The number of aliphatic hydroxyl groups is 1. The Morgan fingerprint density at radius 1 is 1.24 bits per heavy atom. The number of nitrogens with one attached hydrogen (secondary N) is 1. The van der Waals surface area contributed by atoms with E-state index < -0.39 is 10.0 Å². The number of carbonyl (C=O) groups excluding carboxylic acids is 1. The van der Waals surface area contributed by atoms with Crippen LogP contribution in [0.4, 0.5) is 0 Å². The normalized spacial score (nSPS) is 17.8. The molecule has 0 saturated carbocycles. The molecule has 1 saturated heterocycles. The zero-order valence-electron chi connectivity index (χ0n) is 16.3. The monoisotopic (exact) mass is 436 g/mol. The first-order valence-corrected chi connectivity index (χ1v) is 11.4. The third kappa shape index (κ3) is 5.17. The van der Waals surface area contributed by atoms with Crippen LogP contribution in [0.25, 0.3) is 0 Å². The van der Waals surface area contributed by atoms with Gasteiger partial charge in [-0.1, -0.05) is 42.8 Å². The zero-order valence-corrected chi connectivity index (χ0v) is 17.8. The minimum absolute atomic E-state index is 0.0387. The molecule has 0 spiro atoms. The summed E-state index contributed by atoms with van der Waals surface area (Å²) >= 11 is 6.19. The SMILES string of the molecule is CC1CCCN(S(=O)(=O)c2cc(C(=O)NCc3cccc(CO)c3)ccc2Cl)C1. The molecule has 1 aliphatic heterocycles. The van der Waals surface area contributed by atoms with Crippen LogP contribution >= 0.6 is 11.6 Å². The van der Waals surface area contributed by atoms with Gasteiger partial charge in [0.2, 0.25) is 10.0 Å². The molecule has 1 aliphatic rings. The first kappa shape index (κ1) is 21.8. The summed E-state index contributed by atoms with van der Waals surface area (Å²) in [5, 5.41) is 12.1. The first-order valence-electron chi connectivity index (χ1n) is 9.58. The Hall–Kier alpha value is -1.93. The molecule has 0 radical (unpaired) electrons. The largest absolute Gasteiger partial charge is 0.392 e. The molecule has 1 unspecified atom stereocenters. The molecule has 1 fully saturated rings. The van der Waals surface area contributed by atoms with Crippen molar-refractivity contribution in [2.75, 3.05) is 13.1 Å². The predicted octanol–water partition coefficient (Wildman–Crippen LogP) is 3.18. The van der Waals surface area contributed by atoms with Crippen molar-refractivity contribution in [3.63, 3.8) is 0 Å². The fourth-order valence-corrected chi connectivity index (χ4v) is 5.57. The van der Waals surface area contributed by atoms with E-state index in [1.54, 1.807) is 18.2 Å². The average Bonchev–Trinajstić information content (AvgIpc) is 2.72. The van der Waals surface area contributed by atoms with E-state index >= 15 is 0 Å². The van der Waals surface area contributed by atoms with Gasteiger partial charge in [0.25, 0.3) is 5.91 Å². The molecule has 1 atom stereocenters. The number of amides is 1. The Balaban J connectivity index is 1.78. The highest BCUT2D eigenvalue weighted by atomic mass is 35.5. The summed E-state index contributed by atoms with van der Waals surface area (Å²) < 4.78 is 27.6. The summed E-state index contributed by atoms with van der Waals surface area (Å²) in [6.07, 6.45) is 1.81. The van der Waals surface area contributed by atoms with E-state index in [1.807, 2.05) is 13.0 Å². The predicted molar refractivity (Wildman–Crippen MR) is 112 cm³/mol. The van der Waals surface area contributed by atoms with Crippen LogP contribution in [-0.2, 0) is 23.2 Å². The van der Waals surface area contributed by atoms with Crippen LogP contribution < -0.4 is 5.32 Å². The standard InChI is InChI=1S/C21H25ClN2O4S/c1-15-4-3-9-24(13-15)29(27,28)20-11-18(7-8-19(20)22)21(26)23-12-16-5-2-6-17(10-16)14-25/h2,5-8,10-11,15,25H,3-4,9,12-14H2,1H3,(H,23,26). The molecule has 0 aliphatic carbocycles. The molecule has 1 amide bonds. The Kier molecular flexibility index (Phi) is 6.95. The van der Waals surface area contributed by atoms with Gasteiger partial charge in [-0.15, -0.1) is 0 Å². The van der Waals surface area contributed by atoms with Gasteiger partial charge in [-0.3, -0.25) is 4.79 Å². The second kappa shape index (κ2) is 9.26. The van der Waals surface area contributed by atoms with E-state index in [1.165, 1.54) is 22.5 Å². The fourth-order valence-electron chi connectivity index (χ4n) is 3.47. The van der Waals surface area contributed by atoms with Gasteiger partial charge < -0.3 is 10.4 Å². The van der Waals surface area contributed by atoms with Crippen molar-refractivity contribution in [2.45, 2.75) is 37.8 Å². The molecule has 0 bridgehead atoms. The lowest BCUT2D eigenvalue weighted by molar-refractivity contribution is 0.0950. The van der Waals surface area contributed by atoms with Gasteiger partial charge in [0, 0.05) is 25.2 Å². The molecule has 0 aromatic heterocycles. The van der Waals surface area contributed by atoms with Gasteiger partial charge >= 0.3 is 0 Å². The number of hydrogen-bond donors (Lipinski definition) is 2. The number of carbonyl (C=O) groups is 1. The third-order valence-corrected chi connectivity index (χ3v) is 7.40. The van der Waals surface area contributed by atoms with Gasteiger partial charge in [-0.05, 0) is 48.1 Å². The van der Waals surface area contributed by atoms with Gasteiger partial charge in [-0.25, -0.2) is 8.42 Å². The van der Waals surface area contributed by atoms with Crippen molar-refractivity contribution in [3.05, 3.63) is 64.2 Å². The lowest BCUT2D eigenvalue weighted by Crippen LogP contribution is -2.39. The fraction of sp³-hybridized carbons (Fsp3) is 0.381. The van der Waals surface area contributed by atoms with E-state index in [2.05, 4.69) is 5.32 Å². The second-order valence-corrected chi connectivity index (χ2v) is 9.73. The van der Waals surface area contributed by atoms with Crippen molar-refractivity contribution in [1.82, 2.24) is 9.62 Å². The maximum absolute atomic E-state index is 13.1. The maximum Gasteiger partial charge on any atom is 0.251 e. The van der Waals surface area contributed by atoms with Crippen LogP contribution in [0.3, 0.4) is 0 Å². The van der Waals surface area contributed by atoms with Crippen LogP contribution in [-0.4, -0.2) is 36.8 Å². The Labute approximate surface area is 176 Å². The average molecular weight is 437 g/mol. The maximum atomic E-state index is 13.1. The number of hydrogen-bond acceptors (Lipinski definition) is 4. The lowest BCUT2D eigenvalue weighted by atomic mass is 10.0. The van der Waals surface area contributed by atoms with Crippen LogP contribution in [0.5, 0.6) is 0 Å². The Bertz CT molecular complexity index is 994. The molecule has 2 aromatic rings. The van der Waals surface area contributed by atoms with Gasteiger partial charge in [-0.2, -0.15) is 4.31 Å². The molecule has 2 N–H and O–H groups in total. The zero-order chi connectivity index (χ0) is 21.0. The Morgan fingerprint density at radius 3 is 2.72 bits per heavy atom. The van der Waals surface area contributed by atoms with Crippen molar-refractivity contribution >= 4 is 27.5 Å². The minimum atomic E-state index is -3.76. The molecule has 29 heavy (non-hydrogen) atoms. The van der Waals surface area contributed by atoms with E-state index in [4.69, 9.17) is 11.6 Å². The van der Waals surface area contributed by atoms with Crippen molar-refractivity contribution in [3.8, 4) is 0 Å². The van der Waals surface area contributed by atoms with Crippen molar-refractivity contribution in [1.29, 1.82) is 0 Å². The molecule has 1 heterocycles. The number of nitrogens with zero attached hydrogens (tertiary/aromatic N) is 1. The smallest absolute Gasteiger partial charge is 0.251 e. The summed E-state index contributed by atoms with van der Waals surface area (Å²) in [5.41, 5.74) is 1.83. The van der Waals surface area contributed by atoms with E-state index in [0.29, 0.717) is 19.0 Å². The molecular weight excluding hydrogens is 412 g/mol. The Morgan fingerprint density at radius 2 is 2.00 bits per heavy atom. The first-order chi connectivity index (χ1) is 13.8. The molecule has 8 heteroatoms. The summed E-state index contributed by atoms with van der Waals surface area (Å²) in [6, 6.07) is 11.5. The molecular formula is C21H25ClN2O4S. The summed E-state index contributed by atoms with van der Waals surface area (Å²) in [4.78, 5) is 12.5. The number of benzene rings is 2. The topological polar surface area (TPSA) is 86.7 Å². The van der Waals surface area contributed by atoms with Crippen molar-refractivity contribution < 1.29 is 18.3 Å². The lowest BCUT2D eigenvalue weighted by Gasteiger charge is -2.30. The van der Waals surface area contributed by atoms with Gasteiger partial charge in [0.05, 0.1) is 11.6 Å². The van der Waals surface area contributed by atoms with E-state index in [0.717, 1.165) is 24.0 Å². The highest BCUT2D eigenvalue weighted by Gasteiger charge is 2.30. The summed E-state index contributed by atoms with van der Waals surface area (Å²) in [5.74, 6) is -0.0991. The van der Waals surface area contributed by atoms with E-state index in [-0.39, 0.29) is 34.5 Å². The molecule has 6 nitrogen and oxygen atoms in total. The number of rotatable bonds is 6. The number of aliphatic hydroxyl groups excluding tert-OH is 1. The van der Waals surface area contributed by atoms with Crippen LogP contribution in [0.15, 0.2) is 47.4 Å². The highest BCUT2D eigenvalue weighted by molar-refractivity contribution is 7.89. The number of sulfonamides is 1. The molecule has 156 valence electrons. The molecule has 3 rings (SSSR count). The van der Waals surface area contributed by atoms with Gasteiger partial charge in [0.15, 0.2) is 0 Å². The van der Waals surface area contributed by atoms with Crippen molar-refractivity contribution in [2.24, 2.45) is 5.92 Å². The number of halogens is 1.